The molecule has 1 aliphatic rings. The Balaban J connectivity index is 1.54. The number of rotatable bonds is 15. The number of pyridine rings is 1. The smallest absolute Gasteiger partial charge is 0.253 e. The molecule has 0 spiro atoms. The van der Waals surface area contributed by atoms with E-state index in [0.29, 0.717) is 43.0 Å². The average Bonchev–Trinajstić information content (AvgIpc) is 2.96. The Morgan fingerprint density at radius 2 is 1.80 bits per heavy atom. The third-order valence-corrected chi connectivity index (χ3v) is 9.27. The molecule has 11 heteroatoms. The summed E-state index contributed by atoms with van der Waals surface area (Å²) in [6.45, 7) is 4.31. The number of hydrogen-bond acceptors (Lipinski definition) is 7. The maximum atomic E-state index is 13.3. The first-order valence-electron chi connectivity index (χ1n) is 14.6. The number of anilines is 1. The van der Waals surface area contributed by atoms with Crippen LogP contribution in [0.2, 0.25) is 0 Å². The van der Waals surface area contributed by atoms with Gasteiger partial charge in [0.25, 0.3) is 5.91 Å². The van der Waals surface area contributed by atoms with Crippen molar-refractivity contribution in [2.45, 2.75) is 88.8 Å². The summed E-state index contributed by atoms with van der Waals surface area (Å²) in [5.41, 5.74) is 6.57. The number of sulfonamides is 1. The lowest BCUT2D eigenvalue weighted by atomic mass is 9.84. The van der Waals surface area contributed by atoms with Crippen LogP contribution < -0.4 is 16.4 Å². The number of aliphatic hydroxyl groups is 1. The van der Waals surface area contributed by atoms with E-state index in [1.165, 1.54) is 36.9 Å². The first-order chi connectivity index (χ1) is 19.6. The van der Waals surface area contributed by atoms with Crippen molar-refractivity contribution in [3.63, 3.8) is 0 Å². The topological polar surface area (TPSA) is 155 Å². The van der Waals surface area contributed by atoms with Crippen LogP contribution in [-0.2, 0) is 14.8 Å². The third-order valence-electron chi connectivity index (χ3n) is 7.39. The number of nitrogen functional groups attached to an aromatic ring is 1. The highest BCUT2D eigenvalue weighted by atomic mass is 32.2. The van der Waals surface area contributed by atoms with E-state index < -0.39 is 22.3 Å². The summed E-state index contributed by atoms with van der Waals surface area (Å²) in [6, 6.07) is 8.63. The van der Waals surface area contributed by atoms with Crippen molar-refractivity contribution >= 4 is 27.5 Å². The van der Waals surface area contributed by atoms with Gasteiger partial charge in [0.1, 0.15) is 12.3 Å². The zero-order chi connectivity index (χ0) is 29.8. The van der Waals surface area contributed by atoms with E-state index in [-0.39, 0.29) is 35.6 Å². The Labute approximate surface area is 244 Å². The Morgan fingerprint density at radius 3 is 2.44 bits per heavy atom. The molecular formula is C30H45N5O5S. The molecule has 1 heterocycles. The summed E-state index contributed by atoms with van der Waals surface area (Å²) in [7, 11) is -3.91. The average molecular weight is 588 g/mol. The molecule has 1 fully saturated rings. The van der Waals surface area contributed by atoms with Gasteiger partial charge in [0, 0.05) is 31.2 Å². The molecule has 1 aromatic heterocycles. The van der Waals surface area contributed by atoms with E-state index in [9.17, 15) is 23.1 Å². The molecule has 1 aliphatic carbocycles. The number of nitrogens with zero attached hydrogens (tertiary/aromatic N) is 2. The highest BCUT2D eigenvalue weighted by molar-refractivity contribution is 7.89. The number of carbonyl (C=O) groups excluding carboxylic acids is 2. The van der Waals surface area contributed by atoms with Crippen molar-refractivity contribution in [1.82, 2.24) is 19.9 Å². The first kappa shape index (κ1) is 32.5. The molecule has 1 aromatic carbocycles. The molecule has 226 valence electrons. The molecule has 2 atom stereocenters. The zero-order valence-electron chi connectivity index (χ0n) is 24.2. The summed E-state index contributed by atoms with van der Waals surface area (Å²) in [4.78, 5) is 30.0. The predicted octanol–water partition coefficient (Wildman–Crippen LogP) is 3.68. The molecule has 0 saturated heterocycles. The Bertz CT molecular complexity index is 1200. The number of carbonyl (C=O) groups is 2. The maximum Gasteiger partial charge on any atom is 0.253 e. The van der Waals surface area contributed by atoms with Crippen LogP contribution in [0.1, 0.15) is 82.0 Å². The van der Waals surface area contributed by atoms with Gasteiger partial charge in [0.15, 0.2) is 0 Å². The normalized spacial score (nSPS) is 15.9. The van der Waals surface area contributed by atoms with E-state index in [1.807, 2.05) is 13.8 Å². The van der Waals surface area contributed by atoms with E-state index in [0.717, 1.165) is 30.0 Å². The lowest BCUT2D eigenvalue weighted by Crippen LogP contribution is -2.48. The van der Waals surface area contributed by atoms with Gasteiger partial charge in [-0.3, -0.25) is 14.6 Å². The summed E-state index contributed by atoms with van der Waals surface area (Å²) in [5.74, 6) is -0.167. The summed E-state index contributed by atoms with van der Waals surface area (Å²) in [6.07, 6.45) is 9.32. The second-order valence-corrected chi connectivity index (χ2v) is 13.2. The van der Waals surface area contributed by atoms with Crippen molar-refractivity contribution < 1.29 is 23.1 Å². The molecule has 1 saturated carbocycles. The van der Waals surface area contributed by atoms with Crippen LogP contribution in [0, 0.1) is 11.8 Å². The zero-order valence-corrected chi connectivity index (χ0v) is 25.0. The lowest BCUT2D eigenvalue weighted by molar-refractivity contribution is -0.123. The summed E-state index contributed by atoms with van der Waals surface area (Å²) < 4.78 is 27.6. The second kappa shape index (κ2) is 15.8. The monoisotopic (exact) mass is 587 g/mol. The van der Waals surface area contributed by atoms with Crippen molar-refractivity contribution in [3.05, 3.63) is 54.4 Å². The van der Waals surface area contributed by atoms with E-state index in [2.05, 4.69) is 15.6 Å². The van der Waals surface area contributed by atoms with Crippen molar-refractivity contribution in [2.75, 3.05) is 18.8 Å². The Hall–Kier alpha value is -3.02. The van der Waals surface area contributed by atoms with Gasteiger partial charge in [-0.05, 0) is 73.9 Å². The number of nitrogens with two attached hydrogens (primary N) is 1. The molecular weight excluding hydrogens is 542 g/mol. The van der Waals surface area contributed by atoms with Crippen molar-refractivity contribution in [3.8, 4) is 0 Å². The highest BCUT2D eigenvalue weighted by Gasteiger charge is 2.31. The summed E-state index contributed by atoms with van der Waals surface area (Å²) >= 11 is 0. The van der Waals surface area contributed by atoms with Crippen LogP contribution in [0.3, 0.4) is 0 Å². The van der Waals surface area contributed by atoms with E-state index in [4.69, 9.17) is 5.73 Å². The molecule has 2 amide bonds. The SMILES string of the molecule is CC(C)CN(C(O)CCCCNC(=O)[C@H](CC1CCCCC1)NC(=O)c1cccnc1)S(=O)(=O)c1ccc(N)cc1. The van der Waals surface area contributed by atoms with Gasteiger partial charge in [0.05, 0.1) is 10.5 Å². The lowest BCUT2D eigenvalue weighted by Gasteiger charge is -2.29. The third kappa shape index (κ3) is 10.1. The predicted molar refractivity (Wildman–Crippen MR) is 159 cm³/mol. The number of aromatic nitrogens is 1. The fraction of sp³-hybridized carbons (Fsp3) is 0.567. The van der Waals surface area contributed by atoms with Gasteiger partial charge in [-0.15, -0.1) is 0 Å². The molecule has 41 heavy (non-hydrogen) atoms. The Morgan fingerprint density at radius 1 is 1.10 bits per heavy atom. The number of nitrogens with one attached hydrogen (secondary N) is 2. The number of amides is 2. The number of aliphatic hydroxyl groups excluding tert-OH is 1. The number of benzene rings is 1. The van der Waals surface area contributed by atoms with Crippen LogP contribution in [-0.4, -0.2) is 60.0 Å². The standard InChI is InChI=1S/C30H45N5O5S/c1-22(2)21-35(41(39,40)26-15-13-25(31)14-16-26)28(36)12-6-7-18-33-30(38)27(19-23-9-4-3-5-10-23)34-29(37)24-11-8-17-32-20-24/h8,11,13-17,20,22-23,27-28,36H,3-7,9-10,12,18-19,21,31H2,1-2H3,(H,33,38)(H,34,37)/t27-,28?/m0/s1. The van der Waals surface area contributed by atoms with E-state index in [1.54, 1.807) is 18.3 Å². The fourth-order valence-electron chi connectivity index (χ4n) is 5.17. The molecule has 2 aromatic rings. The molecule has 10 nitrogen and oxygen atoms in total. The fourth-order valence-corrected chi connectivity index (χ4v) is 6.84. The minimum Gasteiger partial charge on any atom is -0.399 e. The molecule has 0 aliphatic heterocycles. The minimum absolute atomic E-state index is 0.00969. The van der Waals surface area contributed by atoms with Gasteiger partial charge in [-0.2, -0.15) is 4.31 Å². The largest absolute Gasteiger partial charge is 0.399 e. The van der Waals surface area contributed by atoms with Gasteiger partial charge in [-0.1, -0.05) is 46.0 Å². The van der Waals surface area contributed by atoms with Crippen molar-refractivity contribution in [2.24, 2.45) is 11.8 Å². The van der Waals surface area contributed by atoms with Gasteiger partial charge >= 0.3 is 0 Å². The molecule has 0 radical (unpaired) electrons. The summed E-state index contributed by atoms with van der Waals surface area (Å²) in [5, 5.41) is 16.7. The number of unbranched alkanes of at least 4 members (excludes halogenated alkanes) is 1. The second-order valence-electron chi connectivity index (χ2n) is 11.3. The first-order valence-corrected chi connectivity index (χ1v) is 16.1. The minimum atomic E-state index is -3.91. The van der Waals surface area contributed by atoms with E-state index >= 15 is 0 Å². The molecule has 1 unspecified atom stereocenters. The van der Waals surface area contributed by atoms with Gasteiger partial charge < -0.3 is 21.5 Å². The van der Waals surface area contributed by atoms with Crippen LogP contribution in [0.5, 0.6) is 0 Å². The van der Waals surface area contributed by atoms with Crippen LogP contribution >= 0.6 is 0 Å². The quantitative estimate of drug-likeness (QED) is 0.141. The van der Waals surface area contributed by atoms with Crippen LogP contribution in [0.25, 0.3) is 0 Å². The van der Waals surface area contributed by atoms with Gasteiger partial charge in [-0.25, -0.2) is 8.42 Å². The molecule has 5 N–H and O–H groups in total. The van der Waals surface area contributed by atoms with Crippen LogP contribution in [0.4, 0.5) is 5.69 Å². The molecule has 0 bridgehead atoms. The van der Waals surface area contributed by atoms with Crippen molar-refractivity contribution in [1.29, 1.82) is 0 Å². The highest BCUT2D eigenvalue weighted by Crippen LogP contribution is 2.27. The maximum absolute atomic E-state index is 13.3. The number of hydrogen-bond donors (Lipinski definition) is 4. The van der Waals surface area contributed by atoms with Crippen LogP contribution in [0.15, 0.2) is 53.7 Å². The molecule has 3 rings (SSSR count). The van der Waals surface area contributed by atoms with Gasteiger partial charge in [0.2, 0.25) is 15.9 Å². The Kier molecular flexibility index (Phi) is 12.6.